The van der Waals surface area contributed by atoms with E-state index < -0.39 is 0 Å². The fourth-order valence-electron chi connectivity index (χ4n) is 1.45. The number of nitrogens with zero attached hydrogens (tertiary/aromatic N) is 1. The third kappa shape index (κ3) is 1.94. The summed E-state index contributed by atoms with van der Waals surface area (Å²) >= 11 is 0. The van der Waals surface area contributed by atoms with Gasteiger partial charge in [-0.3, -0.25) is 4.90 Å². The monoisotopic (exact) mass is 157 g/mol. The summed E-state index contributed by atoms with van der Waals surface area (Å²) in [6.07, 6.45) is 0. The van der Waals surface area contributed by atoms with Crippen molar-refractivity contribution in [3.05, 3.63) is 0 Å². The van der Waals surface area contributed by atoms with Crippen LogP contribution in [0.4, 0.5) is 0 Å². The number of aliphatic hydroxyl groups is 1. The van der Waals surface area contributed by atoms with Gasteiger partial charge in [0.05, 0.1) is 6.61 Å². The maximum Gasteiger partial charge on any atom is 0.0584 e. The van der Waals surface area contributed by atoms with E-state index in [1.807, 2.05) is 0 Å². The summed E-state index contributed by atoms with van der Waals surface area (Å²) in [7, 11) is 0. The summed E-state index contributed by atoms with van der Waals surface area (Å²) in [6, 6.07) is 0.366. The summed E-state index contributed by atoms with van der Waals surface area (Å²) in [5, 5.41) is 8.85. The second-order valence-electron chi connectivity index (χ2n) is 3.99. The van der Waals surface area contributed by atoms with E-state index in [1.165, 1.54) is 13.1 Å². The molecule has 1 heterocycles. The average molecular weight is 157 g/mol. The summed E-state index contributed by atoms with van der Waals surface area (Å²) in [5.74, 6) is 1.67. The molecule has 1 N–H and O–H groups in total. The lowest BCUT2D eigenvalue weighted by Gasteiger charge is -2.44. The Balaban J connectivity index is 2.18. The summed E-state index contributed by atoms with van der Waals surface area (Å²) in [6.45, 7) is 9.28. The normalized spacial score (nSPS) is 23.7. The van der Waals surface area contributed by atoms with E-state index in [0.29, 0.717) is 12.6 Å². The second-order valence-corrected chi connectivity index (χ2v) is 3.99. The maximum atomic E-state index is 8.85. The van der Waals surface area contributed by atoms with E-state index in [1.54, 1.807) is 0 Å². The number of rotatable bonds is 3. The van der Waals surface area contributed by atoms with Crippen LogP contribution in [0.3, 0.4) is 0 Å². The number of hydrogen-bond donors (Lipinski definition) is 1. The van der Waals surface area contributed by atoms with Gasteiger partial charge in [0, 0.05) is 19.1 Å². The molecule has 0 aromatic rings. The Labute approximate surface area is 69.2 Å². The number of aliphatic hydroxyl groups excluding tert-OH is 1. The van der Waals surface area contributed by atoms with Crippen molar-refractivity contribution in [2.75, 3.05) is 19.7 Å². The van der Waals surface area contributed by atoms with Crippen LogP contribution in [0.1, 0.15) is 20.8 Å². The molecule has 1 aliphatic heterocycles. The second kappa shape index (κ2) is 3.55. The predicted octanol–water partition coefficient (Wildman–Crippen LogP) is 0.955. The first kappa shape index (κ1) is 9.01. The molecule has 0 spiro atoms. The van der Waals surface area contributed by atoms with Crippen molar-refractivity contribution in [1.29, 1.82) is 0 Å². The molecule has 66 valence electrons. The van der Waals surface area contributed by atoms with Gasteiger partial charge in [0.15, 0.2) is 0 Å². The van der Waals surface area contributed by atoms with Crippen LogP contribution < -0.4 is 0 Å². The minimum Gasteiger partial charge on any atom is -0.395 e. The highest BCUT2D eigenvalue weighted by molar-refractivity contribution is 4.84. The highest BCUT2D eigenvalue weighted by Crippen LogP contribution is 2.24. The van der Waals surface area contributed by atoms with Gasteiger partial charge >= 0.3 is 0 Å². The van der Waals surface area contributed by atoms with E-state index in [4.69, 9.17) is 5.11 Å². The fourth-order valence-corrected chi connectivity index (χ4v) is 1.45. The molecule has 1 fully saturated rings. The van der Waals surface area contributed by atoms with Gasteiger partial charge < -0.3 is 5.11 Å². The quantitative estimate of drug-likeness (QED) is 0.659. The highest BCUT2D eigenvalue weighted by Gasteiger charge is 2.31. The van der Waals surface area contributed by atoms with Gasteiger partial charge in [0.25, 0.3) is 0 Å². The first-order valence-corrected chi connectivity index (χ1v) is 4.50. The van der Waals surface area contributed by atoms with Crippen LogP contribution in [-0.2, 0) is 0 Å². The number of hydrogen-bond acceptors (Lipinski definition) is 2. The topological polar surface area (TPSA) is 23.5 Å². The van der Waals surface area contributed by atoms with Gasteiger partial charge in [-0.2, -0.15) is 0 Å². The third-order valence-electron chi connectivity index (χ3n) is 2.77. The van der Waals surface area contributed by atoms with Crippen molar-refractivity contribution in [1.82, 2.24) is 4.90 Å². The Morgan fingerprint density at radius 1 is 1.36 bits per heavy atom. The minimum absolute atomic E-state index is 0.296. The van der Waals surface area contributed by atoms with Crippen molar-refractivity contribution in [2.24, 2.45) is 11.8 Å². The zero-order valence-electron chi connectivity index (χ0n) is 7.75. The molecule has 1 aliphatic rings. The van der Waals surface area contributed by atoms with Gasteiger partial charge in [-0.05, 0) is 18.8 Å². The van der Waals surface area contributed by atoms with Crippen molar-refractivity contribution >= 4 is 0 Å². The first-order valence-electron chi connectivity index (χ1n) is 4.50. The van der Waals surface area contributed by atoms with Crippen molar-refractivity contribution in [2.45, 2.75) is 26.8 Å². The van der Waals surface area contributed by atoms with E-state index >= 15 is 0 Å². The van der Waals surface area contributed by atoms with Crippen molar-refractivity contribution < 1.29 is 5.11 Å². The molecule has 11 heavy (non-hydrogen) atoms. The fraction of sp³-hybridized carbons (Fsp3) is 1.00. The van der Waals surface area contributed by atoms with Gasteiger partial charge in [-0.15, -0.1) is 0 Å². The maximum absolute atomic E-state index is 8.85. The van der Waals surface area contributed by atoms with Gasteiger partial charge in [0.1, 0.15) is 0 Å². The van der Waals surface area contributed by atoms with Crippen LogP contribution in [0.25, 0.3) is 0 Å². The molecule has 0 amide bonds. The van der Waals surface area contributed by atoms with E-state index in [9.17, 15) is 0 Å². The molecule has 1 saturated heterocycles. The molecular weight excluding hydrogens is 138 g/mol. The van der Waals surface area contributed by atoms with E-state index in [-0.39, 0.29) is 0 Å². The molecule has 0 aromatic carbocycles. The first-order chi connectivity index (χ1) is 5.15. The largest absolute Gasteiger partial charge is 0.395 e. The molecule has 0 saturated carbocycles. The smallest absolute Gasteiger partial charge is 0.0584 e. The van der Waals surface area contributed by atoms with Crippen LogP contribution in [0, 0.1) is 11.8 Å². The summed E-state index contributed by atoms with van der Waals surface area (Å²) in [4.78, 5) is 2.34. The lowest BCUT2D eigenvalue weighted by atomic mass is 9.87. The third-order valence-corrected chi connectivity index (χ3v) is 2.77. The van der Waals surface area contributed by atoms with Crippen LogP contribution in [0.5, 0.6) is 0 Å². The Hall–Kier alpha value is -0.0800. The Kier molecular flexibility index (Phi) is 2.90. The SMILES string of the molecule is CC(C)C1CN([C@@H](C)CO)C1. The minimum atomic E-state index is 0.296. The zero-order chi connectivity index (χ0) is 8.43. The average Bonchev–Trinajstić information content (AvgIpc) is 1.83. The van der Waals surface area contributed by atoms with Gasteiger partial charge in [-0.25, -0.2) is 0 Å². The Morgan fingerprint density at radius 2 is 1.91 bits per heavy atom. The Bertz CT molecular complexity index is 119. The van der Waals surface area contributed by atoms with Crippen LogP contribution in [-0.4, -0.2) is 35.7 Å². The van der Waals surface area contributed by atoms with Crippen molar-refractivity contribution in [3.63, 3.8) is 0 Å². The highest BCUT2D eigenvalue weighted by atomic mass is 16.3. The lowest BCUT2D eigenvalue weighted by molar-refractivity contribution is 0.0123. The molecule has 0 bridgehead atoms. The van der Waals surface area contributed by atoms with Crippen LogP contribution >= 0.6 is 0 Å². The number of likely N-dealkylation sites (tertiary alicyclic amines) is 1. The molecule has 1 rings (SSSR count). The van der Waals surface area contributed by atoms with Gasteiger partial charge in [0.2, 0.25) is 0 Å². The van der Waals surface area contributed by atoms with E-state index in [2.05, 4.69) is 25.7 Å². The van der Waals surface area contributed by atoms with Crippen molar-refractivity contribution in [3.8, 4) is 0 Å². The molecule has 0 unspecified atom stereocenters. The Morgan fingerprint density at radius 3 is 2.27 bits per heavy atom. The van der Waals surface area contributed by atoms with Crippen LogP contribution in [0.15, 0.2) is 0 Å². The summed E-state index contributed by atoms with van der Waals surface area (Å²) < 4.78 is 0. The van der Waals surface area contributed by atoms with Gasteiger partial charge in [-0.1, -0.05) is 13.8 Å². The molecule has 1 atom stereocenters. The molecule has 2 nitrogen and oxygen atoms in total. The molecule has 0 aliphatic carbocycles. The molecule has 0 radical (unpaired) electrons. The predicted molar refractivity (Wildman–Crippen MR) is 46.4 cm³/mol. The molecule has 0 aromatic heterocycles. The molecular formula is C9H19NO. The summed E-state index contributed by atoms with van der Waals surface area (Å²) in [5.41, 5.74) is 0. The van der Waals surface area contributed by atoms with Crippen LogP contribution in [0.2, 0.25) is 0 Å². The standard InChI is InChI=1S/C9H19NO/c1-7(2)9-4-10(5-9)8(3)6-11/h7-9,11H,4-6H2,1-3H3/t8-/m0/s1. The zero-order valence-corrected chi connectivity index (χ0v) is 7.75. The van der Waals surface area contributed by atoms with E-state index in [0.717, 1.165) is 11.8 Å². The lowest BCUT2D eigenvalue weighted by Crippen LogP contribution is -2.53. The molecule has 2 heteroatoms.